The molecule has 0 aliphatic heterocycles. The summed E-state index contributed by atoms with van der Waals surface area (Å²) in [7, 11) is 2.99. The van der Waals surface area contributed by atoms with E-state index in [4.69, 9.17) is 41.2 Å². The zero-order chi connectivity index (χ0) is 18.4. The Kier molecular flexibility index (Phi) is 9.84. The van der Waals surface area contributed by atoms with Gasteiger partial charge in [0.15, 0.2) is 23.0 Å². The van der Waals surface area contributed by atoms with Gasteiger partial charge in [-0.2, -0.15) is 0 Å². The van der Waals surface area contributed by atoms with Gasteiger partial charge >= 0.3 is 0 Å². The number of benzene rings is 2. The maximum Gasteiger partial charge on any atom is 0.231 e. The van der Waals surface area contributed by atoms with Crippen molar-refractivity contribution in [1.82, 2.24) is 0 Å². The van der Waals surface area contributed by atoms with Crippen LogP contribution in [0.2, 0.25) is 0 Å². The largest absolute Gasteiger partial charge is 0.493 e. The molecule has 0 aliphatic rings. The Bertz CT molecular complexity index is 737. The van der Waals surface area contributed by atoms with Gasteiger partial charge in [0.05, 0.1) is 14.2 Å². The summed E-state index contributed by atoms with van der Waals surface area (Å²) in [4.78, 5) is 0. The van der Waals surface area contributed by atoms with Crippen LogP contribution < -0.4 is 30.4 Å². The molecule has 0 heterocycles. The number of methoxy groups -OCH3 is 2. The summed E-state index contributed by atoms with van der Waals surface area (Å²) >= 11 is 0. The van der Waals surface area contributed by atoms with Crippen molar-refractivity contribution in [1.29, 1.82) is 10.8 Å². The number of hydrogen-bond donors (Lipinski definition) is 4. The Hall–Kier alpha value is -2.84. The topological polar surface area (TPSA) is 137 Å². The van der Waals surface area contributed by atoms with Gasteiger partial charge in [-0.05, 0) is 36.4 Å². The molecule has 2 aromatic carbocycles. The van der Waals surface area contributed by atoms with Crippen molar-refractivity contribution in [3.63, 3.8) is 0 Å². The van der Waals surface area contributed by atoms with Crippen LogP contribution in [0.1, 0.15) is 11.1 Å². The van der Waals surface area contributed by atoms with Gasteiger partial charge < -0.3 is 30.4 Å². The molecule has 0 bridgehead atoms. The predicted octanol–water partition coefficient (Wildman–Crippen LogP) is 2.53. The molecule has 0 saturated carbocycles. The minimum absolute atomic E-state index is 0. The molecule has 6 N–H and O–H groups in total. The van der Waals surface area contributed by atoms with E-state index in [9.17, 15) is 0 Å². The van der Waals surface area contributed by atoms with Crippen LogP contribution >= 0.6 is 24.8 Å². The molecule has 0 spiro atoms. The first-order valence-corrected chi connectivity index (χ1v) is 7.26. The first kappa shape index (κ1) is 24.2. The van der Waals surface area contributed by atoms with E-state index in [1.807, 2.05) is 0 Å². The van der Waals surface area contributed by atoms with Crippen LogP contribution in [0.3, 0.4) is 0 Å². The molecule has 27 heavy (non-hydrogen) atoms. The summed E-state index contributed by atoms with van der Waals surface area (Å²) in [6.45, 7) is -0.0917. The monoisotopic (exact) mass is 416 g/mol. The van der Waals surface area contributed by atoms with Gasteiger partial charge in [-0.3, -0.25) is 10.8 Å². The first-order valence-electron chi connectivity index (χ1n) is 7.26. The number of nitrogens with one attached hydrogen (secondary N) is 2. The minimum Gasteiger partial charge on any atom is -0.493 e. The molecular formula is C17H22Cl2N4O4. The normalized spacial score (nSPS) is 9.26. The molecule has 0 fully saturated rings. The lowest BCUT2D eigenvalue weighted by molar-refractivity contribution is 0.113. The van der Waals surface area contributed by atoms with Crippen molar-refractivity contribution in [3.8, 4) is 23.0 Å². The summed E-state index contributed by atoms with van der Waals surface area (Å²) in [5, 5.41) is 14.9. The molecule has 2 rings (SSSR count). The van der Waals surface area contributed by atoms with Crippen LogP contribution in [0.25, 0.3) is 0 Å². The fraction of sp³-hybridized carbons (Fsp3) is 0.176. The average molecular weight is 417 g/mol. The highest BCUT2D eigenvalue weighted by Crippen LogP contribution is 2.30. The smallest absolute Gasteiger partial charge is 0.231 e. The van der Waals surface area contributed by atoms with Crippen LogP contribution in [0.15, 0.2) is 36.4 Å². The van der Waals surface area contributed by atoms with Crippen LogP contribution in [-0.2, 0) is 0 Å². The summed E-state index contributed by atoms with van der Waals surface area (Å²) in [6, 6.07) is 9.83. The number of halogens is 2. The Balaban J connectivity index is 0.00000338. The molecule has 2 aromatic rings. The number of nitrogen functional groups attached to an aromatic ring is 2. The lowest BCUT2D eigenvalue weighted by atomic mass is 10.2. The Morgan fingerprint density at radius 2 is 1.11 bits per heavy atom. The molecule has 0 aliphatic carbocycles. The maximum atomic E-state index is 7.44. The Morgan fingerprint density at radius 1 is 0.741 bits per heavy atom. The first-order chi connectivity index (χ1) is 12.0. The van der Waals surface area contributed by atoms with Gasteiger partial charge in [0.25, 0.3) is 0 Å². The van der Waals surface area contributed by atoms with E-state index in [0.717, 1.165) is 0 Å². The molecule has 0 radical (unpaired) electrons. The van der Waals surface area contributed by atoms with Crippen LogP contribution in [-0.4, -0.2) is 32.7 Å². The second-order valence-corrected chi connectivity index (χ2v) is 4.97. The number of hydrogen-bond acceptors (Lipinski definition) is 6. The van der Waals surface area contributed by atoms with Gasteiger partial charge in [0.1, 0.15) is 11.7 Å². The van der Waals surface area contributed by atoms with E-state index < -0.39 is 0 Å². The van der Waals surface area contributed by atoms with Crippen molar-refractivity contribution in [2.45, 2.75) is 0 Å². The van der Waals surface area contributed by atoms with E-state index in [-0.39, 0.29) is 43.3 Å². The SMILES string of the molecule is COc1cc(C(=N)N)ccc1OCOc1ccc(C(=N)N)cc1OC.Cl.Cl. The summed E-state index contributed by atoms with van der Waals surface area (Å²) in [6.07, 6.45) is 0. The van der Waals surface area contributed by atoms with Crippen molar-refractivity contribution in [2.24, 2.45) is 11.5 Å². The molecular weight excluding hydrogens is 395 g/mol. The summed E-state index contributed by atoms with van der Waals surface area (Å²) in [5.74, 6) is 1.66. The zero-order valence-corrected chi connectivity index (χ0v) is 16.4. The van der Waals surface area contributed by atoms with Crippen LogP contribution in [0.5, 0.6) is 23.0 Å². The molecule has 0 saturated heterocycles. The van der Waals surface area contributed by atoms with Gasteiger partial charge in [0.2, 0.25) is 6.79 Å². The van der Waals surface area contributed by atoms with Crippen molar-refractivity contribution >= 4 is 36.5 Å². The number of nitrogens with two attached hydrogens (primary N) is 2. The van der Waals surface area contributed by atoms with Gasteiger partial charge in [-0.25, -0.2) is 0 Å². The van der Waals surface area contributed by atoms with Crippen molar-refractivity contribution in [3.05, 3.63) is 47.5 Å². The molecule has 0 amide bonds. The zero-order valence-electron chi connectivity index (χ0n) is 14.8. The quantitative estimate of drug-likeness (QED) is 0.296. The van der Waals surface area contributed by atoms with Crippen LogP contribution in [0, 0.1) is 10.8 Å². The third kappa shape index (κ3) is 6.12. The second kappa shape index (κ2) is 11.0. The van der Waals surface area contributed by atoms with Crippen molar-refractivity contribution in [2.75, 3.05) is 21.0 Å². The van der Waals surface area contributed by atoms with Gasteiger partial charge in [-0.1, -0.05) is 0 Å². The second-order valence-electron chi connectivity index (χ2n) is 4.97. The third-order valence-corrected chi connectivity index (χ3v) is 3.38. The van der Waals surface area contributed by atoms with Crippen LogP contribution in [0.4, 0.5) is 0 Å². The average Bonchev–Trinajstić information content (AvgIpc) is 2.61. The number of ether oxygens (including phenoxy) is 4. The van der Waals surface area contributed by atoms with E-state index in [1.54, 1.807) is 36.4 Å². The Labute approximate surface area is 169 Å². The minimum atomic E-state index is -0.0917. The lowest BCUT2D eigenvalue weighted by Gasteiger charge is -2.14. The van der Waals surface area contributed by atoms with E-state index in [1.165, 1.54) is 14.2 Å². The fourth-order valence-electron chi connectivity index (χ4n) is 2.07. The molecule has 0 aromatic heterocycles. The highest BCUT2D eigenvalue weighted by molar-refractivity contribution is 5.96. The Morgan fingerprint density at radius 3 is 1.41 bits per heavy atom. The van der Waals surface area contributed by atoms with E-state index >= 15 is 0 Å². The van der Waals surface area contributed by atoms with Gasteiger partial charge in [0, 0.05) is 11.1 Å². The highest BCUT2D eigenvalue weighted by Gasteiger charge is 2.10. The summed E-state index contributed by atoms with van der Waals surface area (Å²) < 4.78 is 21.6. The van der Waals surface area contributed by atoms with Crippen molar-refractivity contribution < 1.29 is 18.9 Å². The third-order valence-electron chi connectivity index (χ3n) is 3.38. The molecule has 148 valence electrons. The van der Waals surface area contributed by atoms with E-state index in [2.05, 4.69) is 0 Å². The number of amidine groups is 2. The highest BCUT2D eigenvalue weighted by atomic mass is 35.5. The molecule has 10 heteroatoms. The van der Waals surface area contributed by atoms with E-state index in [0.29, 0.717) is 34.1 Å². The predicted molar refractivity (Wildman–Crippen MR) is 109 cm³/mol. The number of rotatable bonds is 8. The maximum absolute atomic E-state index is 7.44. The molecule has 0 atom stereocenters. The molecule has 0 unspecified atom stereocenters. The summed E-state index contributed by atoms with van der Waals surface area (Å²) in [5.41, 5.74) is 12.0. The lowest BCUT2D eigenvalue weighted by Crippen LogP contribution is -2.13. The van der Waals surface area contributed by atoms with Gasteiger partial charge in [-0.15, -0.1) is 24.8 Å². The fourth-order valence-corrected chi connectivity index (χ4v) is 2.07. The standard InChI is InChI=1S/C17H20N4O4.2ClH/c1-22-14-7-10(16(18)19)3-5-12(14)24-9-25-13-6-4-11(17(20)21)8-15(13)23-2;;/h3-8H,9H2,1-2H3,(H3,18,19)(H3,20,21);2*1H. The molecule has 8 nitrogen and oxygen atoms in total.